The minimum Gasteiger partial charge on any atom is -0.467 e. The van der Waals surface area contributed by atoms with E-state index in [2.05, 4.69) is 10.4 Å². The maximum atomic E-state index is 13.2. The van der Waals surface area contributed by atoms with Gasteiger partial charge in [-0.25, -0.2) is 0 Å². The third kappa shape index (κ3) is 4.56. The van der Waals surface area contributed by atoms with Crippen molar-refractivity contribution in [3.63, 3.8) is 0 Å². The van der Waals surface area contributed by atoms with E-state index >= 15 is 0 Å². The maximum absolute atomic E-state index is 13.2. The van der Waals surface area contributed by atoms with E-state index in [-0.39, 0.29) is 11.5 Å². The summed E-state index contributed by atoms with van der Waals surface area (Å²) in [5, 5.41) is 9.60. The Bertz CT molecular complexity index is 1450. The van der Waals surface area contributed by atoms with Gasteiger partial charge >= 0.3 is 0 Å². The molecule has 0 aliphatic heterocycles. The van der Waals surface area contributed by atoms with Crippen molar-refractivity contribution in [2.45, 2.75) is 13.1 Å². The maximum Gasteiger partial charge on any atom is 0.290 e. The zero-order chi connectivity index (χ0) is 22.8. The average Bonchev–Trinajstić information content (AvgIpc) is 3.61. The predicted molar refractivity (Wildman–Crippen MR) is 130 cm³/mol. The molecular weight excluding hydrogens is 480 g/mol. The predicted octanol–water partition coefficient (Wildman–Crippen LogP) is 5.43. The van der Waals surface area contributed by atoms with E-state index in [0.717, 1.165) is 4.88 Å². The summed E-state index contributed by atoms with van der Waals surface area (Å²) in [6, 6.07) is 16.1. The quantitative estimate of drug-likeness (QED) is 0.325. The van der Waals surface area contributed by atoms with Crippen molar-refractivity contribution < 1.29 is 9.21 Å². The van der Waals surface area contributed by atoms with Crippen LogP contribution in [0.4, 0.5) is 5.82 Å². The van der Waals surface area contributed by atoms with Crippen LogP contribution in [0, 0.1) is 0 Å². The van der Waals surface area contributed by atoms with Gasteiger partial charge in [0, 0.05) is 17.1 Å². The molecule has 5 rings (SSSR count). The number of carbonyl (C=O) groups is 1. The third-order valence-electron chi connectivity index (χ3n) is 4.91. The van der Waals surface area contributed by atoms with Crippen molar-refractivity contribution in [1.29, 1.82) is 0 Å². The normalized spacial score (nSPS) is 11.1. The van der Waals surface area contributed by atoms with Crippen LogP contribution in [0.15, 0.2) is 81.6 Å². The monoisotopic (exact) mass is 496 g/mol. The van der Waals surface area contributed by atoms with Crippen LogP contribution in [0.5, 0.6) is 0 Å². The molecule has 0 amide bonds. The number of thiophene rings is 2. The smallest absolute Gasteiger partial charge is 0.290 e. The lowest BCUT2D eigenvalue weighted by atomic mass is 10.2. The van der Waals surface area contributed by atoms with Crippen molar-refractivity contribution in [3.8, 4) is 11.3 Å². The van der Waals surface area contributed by atoms with E-state index in [4.69, 9.17) is 16.0 Å². The standard InChI is InChI=1S/C23H17ClN4O3S2/c24-20-8-7-16(33-20)13-25-21-12-18(26-28(21)23(30)19-6-3-11-32-19)17-5-1-9-27(22(17)29)14-15-4-2-10-31-15/h1-12,25H,13-14H2. The number of rotatable bonds is 7. The molecule has 0 radical (unpaired) electrons. The van der Waals surface area contributed by atoms with Crippen LogP contribution in [0.2, 0.25) is 4.34 Å². The van der Waals surface area contributed by atoms with E-state index < -0.39 is 0 Å². The zero-order valence-electron chi connectivity index (χ0n) is 17.1. The van der Waals surface area contributed by atoms with Crippen LogP contribution >= 0.6 is 34.3 Å². The van der Waals surface area contributed by atoms with E-state index in [1.807, 2.05) is 29.6 Å². The first-order valence-corrected chi connectivity index (χ1v) is 12.0. The van der Waals surface area contributed by atoms with Gasteiger partial charge in [-0.1, -0.05) is 17.7 Å². The summed E-state index contributed by atoms with van der Waals surface area (Å²) < 4.78 is 8.92. The Morgan fingerprint density at radius 1 is 1.15 bits per heavy atom. The lowest BCUT2D eigenvalue weighted by Crippen LogP contribution is -2.21. The minimum absolute atomic E-state index is 0.223. The summed E-state index contributed by atoms with van der Waals surface area (Å²) in [6.07, 6.45) is 3.27. The Morgan fingerprint density at radius 2 is 2.06 bits per heavy atom. The van der Waals surface area contributed by atoms with Crippen LogP contribution in [-0.4, -0.2) is 20.3 Å². The first-order chi connectivity index (χ1) is 16.1. The van der Waals surface area contributed by atoms with E-state index in [0.29, 0.717) is 45.1 Å². The highest BCUT2D eigenvalue weighted by molar-refractivity contribution is 7.16. The number of furan rings is 1. The summed E-state index contributed by atoms with van der Waals surface area (Å²) in [6.45, 7) is 0.774. The van der Waals surface area contributed by atoms with Gasteiger partial charge < -0.3 is 14.3 Å². The van der Waals surface area contributed by atoms with E-state index in [9.17, 15) is 9.59 Å². The second kappa shape index (κ2) is 9.22. The number of hydrogen-bond donors (Lipinski definition) is 1. The molecule has 0 saturated heterocycles. The number of aromatic nitrogens is 3. The Hall–Kier alpha value is -3.40. The molecule has 0 aliphatic carbocycles. The fourth-order valence-electron chi connectivity index (χ4n) is 3.35. The van der Waals surface area contributed by atoms with Crippen molar-refractivity contribution >= 4 is 46.0 Å². The number of hydrogen-bond acceptors (Lipinski definition) is 7. The number of nitrogens with zero attached hydrogens (tertiary/aromatic N) is 3. The van der Waals surface area contributed by atoms with Gasteiger partial charge in [0.2, 0.25) is 0 Å². The molecule has 0 aliphatic rings. The van der Waals surface area contributed by atoms with Crippen molar-refractivity contribution in [2.24, 2.45) is 0 Å². The van der Waals surface area contributed by atoms with E-state index in [1.165, 1.54) is 27.4 Å². The van der Waals surface area contributed by atoms with Gasteiger partial charge in [-0.15, -0.1) is 22.7 Å². The fraction of sp³-hybridized carbons (Fsp3) is 0.0870. The molecule has 0 fully saturated rings. The number of carbonyl (C=O) groups excluding carboxylic acids is 1. The first kappa shape index (κ1) is 21.4. The fourth-order valence-corrected chi connectivity index (χ4v) is 5.02. The van der Waals surface area contributed by atoms with Gasteiger partial charge in [0.05, 0.1) is 34.1 Å². The third-order valence-corrected chi connectivity index (χ3v) is 7.00. The number of pyridine rings is 1. The van der Waals surface area contributed by atoms with Gasteiger partial charge in [-0.2, -0.15) is 9.78 Å². The van der Waals surface area contributed by atoms with E-state index in [1.54, 1.807) is 47.4 Å². The Kier molecular flexibility index (Phi) is 5.99. The minimum atomic E-state index is -0.269. The van der Waals surface area contributed by atoms with Crippen LogP contribution in [0.25, 0.3) is 11.3 Å². The van der Waals surface area contributed by atoms with Crippen LogP contribution in [0.3, 0.4) is 0 Å². The molecule has 0 spiro atoms. The van der Waals surface area contributed by atoms with Gasteiger partial charge in [-0.3, -0.25) is 9.59 Å². The molecule has 5 heterocycles. The number of nitrogens with one attached hydrogen (secondary N) is 1. The van der Waals surface area contributed by atoms with Crippen molar-refractivity contribution in [1.82, 2.24) is 14.3 Å². The molecule has 1 N–H and O–H groups in total. The largest absolute Gasteiger partial charge is 0.467 e. The topological polar surface area (TPSA) is 82.1 Å². The molecule has 0 atom stereocenters. The molecule has 166 valence electrons. The lowest BCUT2D eigenvalue weighted by molar-refractivity contribution is 0.0952. The highest BCUT2D eigenvalue weighted by atomic mass is 35.5. The Balaban J connectivity index is 1.51. The van der Waals surface area contributed by atoms with Gasteiger partial charge in [0.15, 0.2) is 0 Å². The summed E-state index contributed by atoms with van der Waals surface area (Å²) >= 11 is 8.83. The van der Waals surface area contributed by atoms with Gasteiger partial charge in [0.25, 0.3) is 11.5 Å². The Morgan fingerprint density at radius 3 is 2.79 bits per heavy atom. The second-order valence-corrected chi connectivity index (χ2v) is 9.85. The summed E-state index contributed by atoms with van der Waals surface area (Å²) in [7, 11) is 0. The molecule has 10 heteroatoms. The number of halogens is 1. The molecular formula is C23H17ClN4O3S2. The average molecular weight is 497 g/mol. The Labute approximate surface area is 201 Å². The first-order valence-electron chi connectivity index (χ1n) is 9.97. The summed E-state index contributed by atoms with van der Waals surface area (Å²) in [5.74, 6) is 0.896. The van der Waals surface area contributed by atoms with Crippen LogP contribution in [-0.2, 0) is 13.1 Å². The second-order valence-electron chi connectivity index (χ2n) is 7.10. The van der Waals surface area contributed by atoms with Gasteiger partial charge in [-0.05, 0) is 47.8 Å². The zero-order valence-corrected chi connectivity index (χ0v) is 19.5. The van der Waals surface area contributed by atoms with Crippen molar-refractivity contribution in [3.05, 3.63) is 103 Å². The molecule has 0 unspecified atom stereocenters. The van der Waals surface area contributed by atoms with Crippen molar-refractivity contribution in [2.75, 3.05) is 5.32 Å². The number of anilines is 1. The highest BCUT2D eigenvalue weighted by Gasteiger charge is 2.20. The molecule has 0 aromatic carbocycles. The highest BCUT2D eigenvalue weighted by Crippen LogP contribution is 2.25. The summed E-state index contributed by atoms with van der Waals surface area (Å²) in [5.41, 5.74) is 0.577. The molecule has 0 bridgehead atoms. The SMILES string of the molecule is O=C(c1cccs1)n1nc(-c2cccn(Cc3ccco3)c2=O)cc1NCc1ccc(Cl)s1. The molecule has 5 aromatic heterocycles. The molecule has 5 aromatic rings. The van der Waals surface area contributed by atoms with Crippen LogP contribution < -0.4 is 10.9 Å². The lowest BCUT2D eigenvalue weighted by Gasteiger charge is -2.06. The molecule has 33 heavy (non-hydrogen) atoms. The summed E-state index contributed by atoms with van der Waals surface area (Å²) in [4.78, 5) is 27.8. The molecule has 7 nitrogen and oxygen atoms in total. The molecule has 0 saturated carbocycles. The van der Waals surface area contributed by atoms with Gasteiger partial charge in [0.1, 0.15) is 17.3 Å². The van der Waals surface area contributed by atoms with Crippen LogP contribution in [0.1, 0.15) is 20.3 Å².